The van der Waals surface area contributed by atoms with Crippen LogP contribution in [-0.4, -0.2) is 52.7 Å². The number of likely N-dealkylation sites (N-methyl/N-ethyl adjacent to an activating group) is 1. The largest absolute Gasteiger partial charge is 0.324 e. The highest BCUT2D eigenvalue weighted by Crippen LogP contribution is 2.33. The molecule has 7 nitrogen and oxygen atoms in total. The third kappa shape index (κ3) is 3.24. The van der Waals surface area contributed by atoms with E-state index in [2.05, 4.69) is 17.3 Å². The molecular formula is C19H24N4O3. The summed E-state index contributed by atoms with van der Waals surface area (Å²) in [6.45, 7) is 2.06. The molecule has 3 N–H and O–H groups in total. The van der Waals surface area contributed by atoms with Crippen LogP contribution in [0.4, 0.5) is 0 Å². The van der Waals surface area contributed by atoms with Crippen LogP contribution in [0.15, 0.2) is 18.2 Å². The van der Waals surface area contributed by atoms with Crippen molar-refractivity contribution < 1.29 is 14.4 Å². The molecule has 0 aromatic heterocycles. The van der Waals surface area contributed by atoms with Gasteiger partial charge in [-0.25, -0.2) is 0 Å². The zero-order chi connectivity index (χ0) is 18.5. The summed E-state index contributed by atoms with van der Waals surface area (Å²) in [4.78, 5) is 39.9. The van der Waals surface area contributed by atoms with Crippen molar-refractivity contribution in [3.05, 3.63) is 34.9 Å². The fraction of sp³-hybridized carbons (Fsp3) is 0.526. The van der Waals surface area contributed by atoms with Gasteiger partial charge in [-0.05, 0) is 43.5 Å². The molecular weight excluding hydrogens is 332 g/mol. The molecule has 1 saturated heterocycles. The molecule has 1 aliphatic carbocycles. The predicted octanol–water partition coefficient (Wildman–Crippen LogP) is 0.371. The number of carbonyl (C=O) groups is 3. The molecule has 1 aromatic carbocycles. The van der Waals surface area contributed by atoms with Gasteiger partial charge in [0.05, 0.1) is 0 Å². The number of amides is 3. The lowest BCUT2D eigenvalue weighted by Crippen LogP contribution is -2.52. The standard InChI is InChI=1S/C19H24N4O3/c1-22(11-19(20)6-7-19)9-12-2-3-14-13(8-12)10-23(18(14)26)15-4-5-16(24)21-17(15)25/h2-3,8,15H,4-7,9-11,20H2,1H3,(H,21,24,25). The van der Waals surface area contributed by atoms with Crippen LogP contribution in [0.2, 0.25) is 0 Å². The summed E-state index contributed by atoms with van der Waals surface area (Å²) < 4.78 is 0. The van der Waals surface area contributed by atoms with Crippen LogP contribution in [0.25, 0.3) is 0 Å². The first-order chi connectivity index (χ1) is 12.3. The summed E-state index contributed by atoms with van der Waals surface area (Å²) in [5.74, 6) is -0.776. The van der Waals surface area contributed by atoms with Crippen molar-refractivity contribution in [3.63, 3.8) is 0 Å². The van der Waals surface area contributed by atoms with E-state index < -0.39 is 6.04 Å². The number of nitrogens with zero attached hydrogens (tertiary/aromatic N) is 2. The summed E-state index contributed by atoms with van der Waals surface area (Å²) in [7, 11) is 2.06. The summed E-state index contributed by atoms with van der Waals surface area (Å²) >= 11 is 0. The van der Waals surface area contributed by atoms with Gasteiger partial charge in [-0.15, -0.1) is 0 Å². The van der Waals surface area contributed by atoms with Crippen LogP contribution in [0, 0.1) is 0 Å². The maximum atomic E-state index is 12.7. The third-order valence-electron chi connectivity index (χ3n) is 5.52. The van der Waals surface area contributed by atoms with Gasteiger partial charge >= 0.3 is 0 Å². The van der Waals surface area contributed by atoms with E-state index in [0.29, 0.717) is 18.5 Å². The minimum Gasteiger partial charge on any atom is -0.324 e. The van der Waals surface area contributed by atoms with Crippen molar-refractivity contribution in [3.8, 4) is 0 Å². The van der Waals surface area contributed by atoms with Crippen molar-refractivity contribution in [1.29, 1.82) is 0 Å². The number of imide groups is 1. The Kier molecular flexibility index (Phi) is 4.08. The number of fused-ring (bicyclic) bond motifs is 1. The van der Waals surface area contributed by atoms with E-state index in [0.717, 1.165) is 37.1 Å². The Labute approximate surface area is 152 Å². The van der Waals surface area contributed by atoms with Gasteiger partial charge in [0.1, 0.15) is 6.04 Å². The Hall–Kier alpha value is -2.25. The highest BCUT2D eigenvalue weighted by atomic mass is 16.2. The zero-order valence-electron chi connectivity index (χ0n) is 15.0. The van der Waals surface area contributed by atoms with Crippen molar-refractivity contribution in [2.75, 3.05) is 13.6 Å². The number of hydrogen-bond acceptors (Lipinski definition) is 5. The minimum absolute atomic E-state index is 0.0238. The minimum atomic E-state index is -0.564. The highest BCUT2D eigenvalue weighted by Gasteiger charge is 2.40. The van der Waals surface area contributed by atoms with E-state index in [1.54, 1.807) is 4.90 Å². The highest BCUT2D eigenvalue weighted by molar-refractivity contribution is 6.05. The quantitative estimate of drug-likeness (QED) is 0.743. The first-order valence-electron chi connectivity index (χ1n) is 9.09. The van der Waals surface area contributed by atoms with Gasteiger partial charge in [0.25, 0.3) is 5.91 Å². The fourth-order valence-corrected chi connectivity index (χ4v) is 3.95. The Morgan fingerprint density at radius 1 is 1.31 bits per heavy atom. The van der Waals surface area contributed by atoms with Crippen molar-refractivity contribution >= 4 is 17.7 Å². The molecule has 0 spiro atoms. The molecule has 26 heavy (non-hydrogen) atoms. The molecule has 1 aromatic rings. The molecule has 3 amide bonds. The number of rotatable bonds is 5. The monoisotopic (exact) mass is 356 g/mol. The van der Waals surface area contributed by atoms with Gasteiger partial charge in [0, 0.05) is 37.2 Å². The summed E-state index contributed by atoms with van der Waals surface area (Å²) in [6, 6.07) is 5.30. The maximum Gasteiger partial charge on any atom is 0.255 e. The van der Waals surface area contributed by atoms with Gasteiger partial charge in [-0.3, -0.25) is 19.7 Å². The third-order valence-corrected chi connectivity index (χ3v) is 5.52. The molecule has 138 valence electrons. The molecule has 3 aliphatic rings. The summed E-state index contributed by atoms with van der Waals surface area (Å²) in [6.07, 6.45) is 2.82. The number of nitrogens with two attached hydrogens (primary N) is 1. The molecule has 1 unspecified atom stereocenters. The van der Waals surface area contributed by atoms with Gasteiger partial charge in [0.2, 0.25) is 11.8 Å². The lowest BCUT2D eigenvalue weighted by atomic mass is 10.0. The molecule has 1 saturated carbocycles. The normalized spacial score (nSPS) is 24.0. The zero-order valence-corrected chi connectivity index (χ0v) is 15.0. The SMILES string of the molecule is CN(Cc1ccc2c(c1)CN(C1CCC(=O)NC1=O)C2=O)CC1(N)CC1. The van der Waals surface area contributed by atoms with Crippen LogP contribution < -0.4 is 11.1 Å². The fourth-order valence-electron chi connectivity index (χ4n) is 3.95. The smallest absolute Gasteiger partial charge is 0.255 e. The molecule has 1 atom stereocenters. The van der Waals surface area contributed by atoms with Crippen LogP contribution >= 0.6 is 0 Å². The first-order valence-corrected chi connectivity index (χ1v) is 9.09. The van der Waals surface area contributed by atoms with Crippen LogP contribution in [0.3, 0.4) is 0 Å². The second kappa shape index (κ2) is 6.17. The average molecular weight is 356 g/mol. The number of hydrogen-bond donors (Lipinski definition) is 2. The van der Waals surface area contributed by atoms with Gasteiger partial charge in [-0.1, -0.05) is 12.1 Å². The first kappa shape index (κ1) is 17.2. The molecule has 4 rings (SSSR count). The van der Waals surface area contributed by atoms with Gasteiger partial charge in [0.15, 0.2) is 0 Å². The van der Waals surface area contributed by atoms with Crippen molar-refractivity contribution in [2.24, 2.45) is 5.73 Å². The molecule has 2 heterocycles. The molecule has 0 bridgehead atoms. The molecule has 7 heteroatoms. The number of benzene rings is 1. The molecule has 2 aliphatic heterocycles. The van der Waals surface area contributed by atoms with Gasteiger partial charge < -0.3 is 15.5 Å². The number of piperidine rings is 1. The van der Waals surface area contributed by atoms with E-state index in [9.17, 15) is 14.4 Å². The lowest BCUT2D eigenvalue weighted by Gasteiger charge is -2.29. The Bertz CT molecular complexity index is 787. The van der Waals surface area contributed by atoms with Crippen molar-refractivity contribution in [2.45, 2.75) is 50.4 Å². The van der Waals surface area contributed by atoms with Crippen LogP contribution in [0.5, 0.6) is 0 Å². The van der Waals surface area contributed by atoms with Gasteiger partial charge in [-0.2, -0.15) is 0 Å². The van der Waals surface area contributed by atoms with Crippen LogP contribution in [0.1, 0.15) is 47.2 Å². The maximum absolute atomic E-state index is 12.7. The second-order valence-corrected chi connectivity index (χ2v) is 7.93. The second-order valence-electron chi connectivity index (χ2n) is 7.93. The number of nitrogens with one attached hydrogen (secondary N) is 1. The number of carbonyl (C=O) groups excluding carboxylic acids is 3. The van der Waals surface area contributed by atoms with Crippen molar-refractivity contribution in [1.82, 2.24) is 15.1 Å². The van der Waals surface area contributed by atoms with Crippen LogP contribution in [-0.2, 0) is 22.7 Å². The van der Waals surface area contributed by atoms with E-state index in [1.807, 2.05) is 18.2 Å². The summed E-state index contributed by atoms with van der Waals surface area (Å²) in [5, 5.41) is 2.33. The Morgan fingerprint density at radius 2 is 2.08 bits per heavy atom. The van der Waals surface area contributed by atoms with E-state index in [-0.39, 0.29) is 29.7 Å². The summed E-state index contributed by atoms with van der Waals surface area (Å²) in [5.41, 5.74) is 8.88. The molecule has 0 radical (unpaired) electrons. The topological polar surface area (TPSA) is 95.7 Å². The van der Waals surface area contributed by atoms with E-state index in [1.165, 1.54) is 0 Å². The average Bonchev–Trinajstić information content (AvgIpc) is 3.20. The lowest BCUT2D eigenvalue weighted by molar-refractivity contribution is -0.136. The predicted molar refractivity (Wildman–Crippen MR) is 95.0 cm³/mol. The molecule has 2 fully saturated rings. The Morgan fingerprint density at radius 3 is 2.77 bits per heavy atom. The Balaban J connectivity index is 1.46. The van der Waals surface area contributed by atoms with E-state index >= 15 is 0 Å². The van der Waals surface area contributed by atoms with E-state index in [4.69, 9.17) is 5.73 Å².